The lowest BCUT2D eigenvalue weighted by Gasteiger charge is -2.41. The van der Waals surface area contributed by atoms with E-state index in [1.54, 1.807) is 18.2 Å². The number of hydrogen-bond donors (Lipinski definition) is 6. The molecule has 2 fully saturated rings. The van der Waals surface area contributed by atoms with Crippen LogP contribution < -0.4 is 21.1 Å². The molecule has 0 bridgehead atoms. The third-order valence-corrected chi connectivity index (χ3v) is 10.2. The molecule has 0 radical (unpaired) electrons. The summed E-state index contributed by atoms with van der Waals surface area (Å²) in [5.74, 6) is -3.09. The molecule has 0 spiro atoms. The third kappa shape index (κ3) is 8.12. The molecule has 17 heteroatoms. The summed E-state index contributed by atoms with van der Waals surface area (Å²) in [6.45, 7) is 2.43. The zero-order chi connectivity index (χ0) is 36.4. The number of aromatic nitrogens is 3. The van der Waals surface area contributed by atoms with Gasteiger partial charge in [-0.2, -0.15) is 0 Å². The second-order valence-corrected chi connectivity index (χ2v) is 15.6. The second-order valence-electron chi connectivity index (χ2n) is 13.7. The normalized spacial score (nSPS) is 20.6. The highest BCUT2D eigenvalue weighted by atomic mass is 32.2. The highest BCUT2D eigenvalue weighted by molar-refractivity contribution is 7.88. The SMILES string of the molecule is CC(C)(O)c1cnnn1[C@H]1C[C@@H](C(=O)NC2(C(O)C(N)=O)CCCCC2)N(C(=O)C(CNS(C)(=O)=O)NC(=O)c2ccc3ccccc3c2)C1. The number of nitrogens with two attached hydrogens (primary N) is 1. The van der Waals surface area contributed by atoms with Gasteiger partial charge in [-0.25, -0.2) is 17.8 Å². The van der Waals surface area contributed by atoms with E-state index in [2.05, 4.69) is 25.7 Å². The molecule has 3 aromatic rings. The van der Waals surface area contributed by atoms with E-state index in [1.807, 2.05) is 24.3 Å². The Morgan fingerprint density at radius 2 is 1.76 bits per heavy atom. The van der Waals surface area contributed by atoms with Gasteiger partial charge in [0, 0.05) is 25.1 Å². The third-order valence-electron chi connectivity index (χ3n) is 9.49. The molecule has 1 aromatic heterocycles. The van der Waals surface area contributed by atoms with E-state index in [0.717, 1.165) is 23.4 Å². The van der Waals surface area contributed by atoms with Gasteiger partial charge in [0.15, 0.2) is 6.10 Å². The van der Waals surface area contributed by atoms with Gasteiger partial charge < -0.3 is 31.5 Å². The van der Waals surface area contributed by atoms with Crippen molar-refractivity contribution in [3.8, 4) is 0 Å². The van der Waals surface area contributed by atoms with E-state index in [9.17, 15) is 37.8 Å². The minimum absolute atomic E-state index is 0.0163. The molecule has 1 saturated carbocycles. The number of nitrogens with zero attached hydrogens (tertiary/aromatic N) is 4. The van der Waals surface area contributed by atoms with Gasteiger partial charge in [-0.1, -0.05) is 54.8 Å². The number of likely N-dealkylation sites (tertiary alicyclic amines) is 1. The van der Waals surface area contributed by atoms with E-state index in [0.29, 0.717) is 18.5 Å². The summed E-state index contributed by atoms with van der Waals surface area (Å²) in [6, 6.07) is 9.02. The molecule has 2 aromatic carbocycles. The molecule has 2 heterocycles. The Hall–Kier alpha value is -4.45. The Balaban J connectivity index is 1.49. The topological polar surface area (TPSA) is 239 Å². The molecule has 7 N–H and O–H groups in total. The summed E-state index contributed by atoms with van der Waals surface area (Å²) in [4.78, 5) is 55.6. The summed E-state index contributed by atoms with van der Waals surface area (Å²) >= 11 is 0. The lowest BCUT2D eigenvalue weighted by Crippen LogP contribution is -2.64. The van der Waals surface area contributed by atoms with Crippen LogP contribution in [-0.2, 0) is 30.0 Å². The zero-order valence-corrected chi connectivity index (χ0v) is 29.0. The molecule has 50 heavy (non-hydrogen) atoms. The van der Waals surface area contributed by atoms with Crippen molar-refractivity contribution in [3.63, 3.8) is 0 Å². The van der Waals surface area contributed by atoms with E-state index in [4.69, 9.17) is 5.73 Å². The molecule has 2 aliphatic rings. The van der Waals surface area contributed by atoms with Gasteiger partial charge in [0.2, 0.25) is 27.7 Å². The fourth-order valence-corrected chi connectivity index (χ4v) is 7.36. The minimum Gasteiger partial charge on any atom is -0.384 e. The molecule has 16 nitrogen and oxygen atoms in total. The van der Waals surface area contributed by atoms with E-state index >= 15 is 0 Å². The Bertz CT molecular complexity index is 1870. The standard InChI is InChI=1S/C33H44N8O8S/c1-32(2,47)26-18-35-39-41(26)23-16-25(30(45)38-33(27(42)28(34)43)13-7-4-8-14-33)40(19-23)31(46)24(17-36-50(3,48)49)37-29(44)22-12-11-20-9-5-6-10-21(20)15-22/h5-6,9-12,15,18,23-25,27,36,42,47H,4,7-8,13-14,16-17,19H2,1-3H3,(H2,34,43)(H,37,44)(H,38,45)/t23-,24?,25-,27?/m0/s1. The number of fused-ring (bicyclic) bond motifs is 1. The fraction of sp³-hybridized carbons (Fsp3) is 0.515. The number of amides is 4. The number of rotatable bonds is 12. The molecule has 1 saturated heterocycles. The van der Waals surface area contributed by atoms with Crippen LogP contribution in [0.15, 0.2) is 48.7 Å². The summed E-state index contributed by atoms with van der Waals surface area (Å²) in [7, 11) is -3.82. The number of carbonyl (C=O) groups is 4. The monoisotopic (exact) mass is 712 g/mol. The smallest absolute Gasteiger partial charge is 0.251 e. The Morgan fingerprint density at radius 1 is 1.08 bits per heavy atom. The second kappa shape index (κ2) is 14.4. The number of sulfonamides is 1. The highest BCUT2D eigenvalue weighted by Crippen LogP contribution is 2.35. The molecule has 5 rings (SSSR count). The average Bonchev–Trinajstić information content (AvgIpc) is 3.74. The van der Waals surface area contributed by atoms with Crippen LogP contribution in [0.3, 0.4) is 0 Å². The minimum atomic E-state index is -3.82. The first-order valence-electron chi connectivity index (χ1n) is 16.5. The van der Waals surface area contributed by atoms with Crippen molar-refractivity contribution in [1.82, 2.24) is 35.2 Å². The maximum atomic E-state index is 14.4. The summed E-state index contributed by atoms with van der Waals surface area (Å²) in [5.41, 5.74) is 3.30. The van der Waals surface area contributed by atoms with E-state index in [1.165, 1.54) is 29.6 Å². The van der Waals surface area contributed by atoms with E-state index < -0.39 is 75.6 Å². The zero-order valence-electron chi connectivity index (χ0n) is 28.2. The number of nitrogens with one attached hydrogen (secondary N) is 3. The van der Waals surface area contributed by atoms with Gasteiger partial charge in [-0.05, 0) is 49.6 Å². The summed E-state index contributed by atoms with van der Waals surface area (Å²) in [5, 5.41) is 36.9. The fourth-order valence-electron chi connectivity index (χ4n) is 6.89. The van der Waals surface area contributed by atoms with Gasteiger partial charge in [0.05, 0.1) is 29.7 Å². The van der Waals surface area contributed by atoms with Crippen molar-refractivity contribution in [2.45, 2.75) is 87.7 Å². The number of hydrogen-bond acceptors (Lipinski definition) is 10. The number of carbonyl (C=O) groups excluding carboxylic acids is 4. The molecule has 270 valence electrons. The van der Waals surface area contributed by atoms with Crippen LogP contribution in [0, 0.1) is 0 Å². The maximum absolute atomic E-state index is 14.4. The van der Waals surface area contributed by atoms with Crippen molar-refractivity contribution >= 4 is 44.4 Å². The van der Waals surface area contributed by atoms with Crippen molar-refractivity contribution in [1.29, 1.82) is 0 Å². The lowest BCUT2D eigenvalue weighted by atomic mass is 9.77. The molecular weight excluding hydrogens is 668 g/mol. The first kappa shape index (κ1) is 36.8. The quantitative estimate of drug-likeness (QED) is 0.145. The average molecular weight is 713 g/mol. The van der Waals surface area contributed by atoms with Gasteiger partial charge in [-0.15, -0.1) is 5.10 Å². The van der Waals surface area contributed by atoms with Crippen molar-refractivity contribution in [2.75, 3.05) is 19.3 Å². The number of benzene rings is 2. The molecular formula is C33H44N8O8S. The molecule has 2 unspecified atom stereocenters. The van der Waals surface area contributed by atoms with Crippen LogP contribution in [0.25, 0.3) is 10.8 Å². The predicted octanol–water partition coefficient (Wildman–Crippen LogP) is -0.186. The van der Waals surface area contributed by atoms with E-state index in [-0.39, 0.29) is 31.4 Å². The molecule has 4 atom stereocenters. The number of aliphatic hydroxyl groups excluding tert-OH is 1. The van der Waals surface area contributed by atoms with Crippen LogP contribution in [0.1, 0.15) is 74.5 Å². The Labute approximate surface area is 289 Å². The van der Waals surface area contributed by atoms with Gasteiger partial charge in [0.25, 0.3) is 5.91 Å². The van der Waals surface area contributed by atoms with Gasteiger partial charge in [0.1, 0.15) is 17.7 Å². The number of aliphatic hydroxyl groups is 2. The van der Waals surface area contributed by atoms with Crippen molar-refractivity contribution < 1.29 is 37.8 Å². The molecule has 1 aliphatic heterocycles. The number of primary amides is 1. The first-order chi connectivity index (χ1) is 23.5. The lowest BCUT2D eigenvalue weighted by molar-refractivity contribution is -0.143. The van der Waals surface area contributed by atoms with Crippen LogP contribution in [0.2, 0.25) is 0 Å². The Kier molecular flexibility index (Phi) is 10.6. The van der Waals surface area contributed by atoms with Crippen molar-refractivity contribution in [2.24, 2.45) is 5.73 Å². The predicted molar refractivity (Wildman–Crippen MR) is 182 cm³/mol. The van der Waals surface area contributed by atoms with Crippen LogP contribution in [-0.4, -0.2) is 105 Å². The van der Waals surface area contributed by atoms with Gasteiger partial charge in [-0.3, -0.25) is 19.2 Å². The molecule has 4 amide bonds. The largest absolute Gasteiger partial charge is 0.384 e. The van der Waals surface area contributed by atoms with Crippen LogP contribution in [0.4, 0.5) is 0 Å². The van der Waals surface area contributed by atoms with Crippen molar-refractivity contribution in [3.05, 3.63) is 59.9 Å². The maximum Gasteiger partial charge on any atom is 0.251 e. The Morgan fingerprint density at radius 3 is 2.40 bits per heavy atom. The highest BCUT2D eigenvalue weighted by Gasteiger charge is 2.49. The summed E-state index contributed by atoms with van der Waals surface area (Å²) < 4.78 is 28.0. The van der Waals surface area contributed by atoms with Crippen LogP contribution in [0.5, 0.6) is 0 Å². The summed E-state index contributed by atoms with van der Waals surface area (Å²) in [6.07, 6.45) is 3.22. The van der Waals surface area contributed by atoms with Gasteiger partial charge >= 0.3 is 0 Å². The molecule has 1 aliphatic carbocycles. The first-order valence-corrected chi connectivity index (χ1v) is 18.4. The van der Waals surface area contributed by atoms with Crippen LogP contribution >= 0.6 is 0 Å².